The molecule has 5 heteroatoms. The summed E-state index contributed by atoms with van der Waals surface area (Å²) >= 11 is 0. The molecule has 4 nitrogen and oxygen atoms in total. The highest BCUT2D eigenvalue weighted by atomic mass is 32.2. The predicted octanol–water partition coefficient (Wildman–Crippen LogP) is 3.79. The first-order chi connectivity index (χ1) is 12.8. The minimum atomic E-state index is -1.02. The standard InChI is InChI=1S/C21H25NO3S/c23-26-16-20(25-19-6-1-2-7-21(19)26)17-8-10-18(11-9-17)24-15-5-14-22-12-3-4-13-22/h1-2,6-11,20H,3-5,12-16H2/t20-,26?/m1/s1. The van der Waals surface area contributed by atoms with Gasteiger partial charge in [-0.25, -0.2) is 0 Å². The Kier molecular flexibility index (Phi) is 5.56. The van der Waals surface area contributed by atoms with Gasteiger partial charge in [0.2, 0.25) is 0 Å². The zero-order valence-corrected chi connectivity index (χ0v) is 15.7. The van der Waals surface area contributed by atoms with Crippen LogP contribution in [0.1, 0.15) is 30.9 Å². The van der Waals surface area contributed by atoms with Crippen molar-refractivity contribution in [2.24, 2.45) is 0 Å². The van der Waals surface area contributed by atoms with E-state index in [0.717, 1.165) is 41.5 Å². The number of nitrogens with zero attached hydrogens (tertiary/aromatic N) is 1. The van der Waals surface area contributed by atoms with Crippen LogP contribution >= 0.6 is 0 Å². The molecule has 0 N–H and O–H groups in total. The minimum absolute atomic E-state index is 0.171. The van der Waals surface area contributed by atoms with E-state index in [2.05, 4.69) is 4.90 Å². The molecule has 0 aliphatic carbocycles. The van der Waals surface area contributed by atoms with E-state index in [9.17, 15) is 4.21 Å². The summed E-state index contributed by atoms with van der Waals surface area (Å²) in [5, 5.41) is 0. The smallest absolute Gasteiger partial charge is 0.136 e. The van der Waals surface area contributed by atoms with Crippen LogP contribution in [0.3, 0.4) is 0 Å². The number of fused-ring (bicyclic) bond motifs is 1. The van der Waals surface area contributed by atoms with Crippen molar-refractivity contribution < 1.29 is 13.7 Å². The maximum absolute atomic E-state index is 12.4. The molecular weight excluding hydrogens is 346 g/mol. The molecule has 2 heterocycles. The molecule has 26 heavy (non-hydrogen) atoms. The van der Waals surface area contributed by atoms with E-state index in [4.69, 9.17) is 9.47 Å². The number of hydrogen-bond acceptors (Lipinski definition) is 4. The second kappa shape index (κ2) is 8.23. The number of likely N-dealkylation sites (tertiary alicyclic amines) is 1. The summed E-state index contributed by atoms with van der Waals surface area (Å²) in [4.78, 5) is 3.30. The molecule has 0 bridgehead atoms. The Morgan fingerprint density at radius 3 is 2.65 bits per heavy atom. The van der Waals surface area contributed by atoms with Gasteiger partial charge in [0.05, 0.1) is 28.1 Å². The molecule has 1 saturated heterocycles. The average Bonchev–Trinajstić information content (AvgIpc) is 3.19. The number of ether oxygens (including phenoxy) is 2. The third kappa shape index (κ3) is 4.10. The van der Waals surface area contributed by atoms with Crippen LogP contribution < -0.4 is 9.47 Å². The fourth-order valence-corrected chi connectivity index (χ4v) is 4.86. The van der Waals surface area contributed by atoms with Crippen molar-refractivity contribution in [2.75, 3.05) is 32.0 Å². The zero-order chi connectivity index (χ0) is 17.8. The molecule has 0 spiro atoms. The highest BCUT2D eigenvalue weighted by Gasteiger charge is 2.26. The van der Waals surface area contributed by atoms with Gasteiger partial charge in [0, 0.05) is 6.54 Å². The molecule has 0 amide bonds. The Balaban J connectivity index is 1.31. The van der Waals surface area contributed by atoms with Crippen molar-refractivity contribution in [1.82, 2.24) is 4.90 Å². The first kappa shape index (κ1) is 17.6. The Labute approximate surface area is 157 Å². The second-order valence-corrected chi connectivity index (χ2v) is 8.35. The first-order valence-electron chi connectivity index (χ1n) is 9.39. The van der Waals surface area contributed by atoms with Gasteiger partial charge in [-0.3, -0.25) is 4.21 Å². The fraction of sp³-hybridized carbons (Fsp3) is 0.429. The predicted molar refractivity (Wildman–Crippen MR) is 103 cm³/mol. The summed E-state index contributed by atoms with van der Waals surface area (Å²) in [6.07, 6.45) is 3.56. The van der Waals surface area contributed by atoms with E-state index in [1.807, 2.05) is 48.5 Å². The van der Waals surface area contributed by atoms with Crippen LogP contribution in [0.15, 0.2) is 53.4 Å². The van der Waals surface area contributed by atoms with Crippen LogP contribution in [-0.4, -0.2) is 41.1 Å². The average molecular weight is 372 g/mol. The molecule has 2 aliphatic heterocycles. The molecular formula is C21H25NO3S. The topological polar surface area (TPSA) is 38.8 Å². The normalized spacial score (nSPS) is 22.6. The van der Waals surface area contributed by atoms with Crippen molar-refractivity contribution in [1.29, 1.82) is 0 Å². The molecule has 2 aromatic rings. The van der Waals surface area contributed by atoms with E-state index in [1.165, 1.54) is 25.9 Å². The van der Waals surface area contributed by atoms with Crippen LogP contribution in [0.5, 0.6) is 11.5 Å². The van der Waals surface area contributed by atoms with E-state index >= 15 is 0 Å². The van der Waals surface area contributed by atoms with Crippen molar-refractivity contribution in [2.45, 2.75) is 30.3 Å². The molecule has 0 aromatic heterocycles. The lowest BCUT2D eigenvalue weighted by Gasteiger charge is -2.25. The maximum atomic E-state index is 12.4. The van der Waals surface area contributed by atoms with Gasteiger partial charge >= 0.3 is 0 Å². The lowest BCUT2D eigenvalue weighted by atomic mass is 10.1. The van der Waals surface area contributed by atoms with Gasteiger partial charge in [0.25, 0.3) is 0 Å². The molecule has 138 valence electrons. The van der Waals surface area contributed by atoms with E-state index in [0.29, 0.717) is 5.75 Å². The molecule has 2 aliphatic rings. The lowest BCUT2D eigenvalue weighted by molar-refractivity contribution is 0.217. The summed E-state index contributed by atoms with van der Waals surface area (Å²) in [6.45, 7) is 4.34. The number of rotatable bonds is 6. The van der Waals surface area contributed by atoms with Gasteiger partial charge in [-0.15, -0.1) is 0 Å². The summed E-state index contributed by atoms with van der Waals surface area (Å²) in [7, 11) is -1.02. The Morgan fingerprint density at radius 2 is 1.85 bits per heavy atom. The molecule has 1 unspecified atom stereocenters. The summed E-state index contributed by atoms with van der Waals surface area (Å²) < 4.78 is 24.3. The summed E-state index contributed by atoms with van der Waals surface area (Å²) in [6, 6.07) is 15.6. The zero-order valence-electron chi connectivity index (χ0n) is 14.9. The summed E-state index contributed by atoms with van der Waals surface area (Å²) in [5.41, 5.74) is 1.04. The third-order valence-corrected chi connectivity index (χ3v) is 6.44. The van der Waals surface area contributed by atoms with E-state index in [-0.39, 0.29) is 6.10 Å². The van der Waals surface area contributed by atoms with E-state index < -0.39 is 10.8 Å². The Hall–Kier alpha value is -1.85. The SMILES string of the molecule is O=S1C[C@H](c2ccc(OCCCN3CCCC3)cc2)Oc2ccccc21. The second-order valence-electron chi connectivity index (χ2n) is 6.89. The molecule has 1 fully saturated rings. The molecule has 4 rings (SSSR count). The van der Waals surface area contributed by atoms with Gasteiger partial charge in [-0.05, 0) is 62.2 Å². The van der Waals surface area contributed by atoms with Gasteiger partial charge in [-0.2, -0.15) is 0 Å². The van der Waals surface area contributed by atoms with Crippen LogP contribution in [-0.2, 0) is 10.8 Å². The van der Waals surface area contributed by atoms with Crippen molar-refractivity contribution in [3.8, 4) is 11.5 Å². The summed E-state index contributed by atoms with van der Waals surface area (Å²) in [5.74, 6) is 2.10. The van der Waals surface area contributed by atoms with Gasteiger partial charge < -0.3 is 14.4 Å². The molecule has 2 atom stereocenters. The third-order valence-electron chi connectivity index (χ3n) is 5.00. The number of hydrogen-bond donors (Lipinski definition) is 0. The monoisotopic (exact) mass is 371 g/mol. The van der Waals surface area contributed by atoms with Gasteiger partial charge in [-0.1, -0.05) is 24.3 Å². The van der Waals surface area contributed by atoms with Crippen LogP contribution in [0.4, 0.5) is 0 Å². The van der Waals surface area contributed by atoms with Crippen molar-refractivity contribution in [3.63, 3.8) is 0 Å². The largest absolute Gasteiger partial charge is 0.494 e. The van der Waals surface area contributed by atoms with Crippen molar-refractivity contribution in [3.05, 3.63) is 54.1 Å². The maximum Gasteiger partial charge on any atom is 0.136 e. The van der Waals surface area contributed by atoms with Crippen LogP contribution in [0.2, 0.25) is 0 Å². The van der Waals surface area contributed by atoms with Crippen LogP contribution in [0, 0.1) is 0 Å². The number of para-hydroxylation sites is 1. The van der Waals surface area contributed by atoms with E-state index in [1.54, 1.807) is 0 Å². The molecule has 0 radical (unpaired) electrons. The molecule has 0 saturated carbocycles. The first-order valence-corrected chi connectivity index (χ1v) is 10.7. The highest BCUT2D eigenvalue weighted by molar-refractivity contribution is 7.85. The van der Waals surface area contributed by atoms with Crippen molar-refractivity contribution >= 4 is 10.8 Å². The minimum Gasteiger partial charge on any atom is -0.494 e. The number of benzene rings is 2. The molecule has 2 aromatic carbocycles. The van der Waals surface area contributed by atoms with Crippen LogP contribution in [0.25, 0.3) is 0 Å². The highest BCUT2D eigenvalue weighted by Crippen LogP contribution is 2.34. The lowest BCUT2D eigenvalue weighted by Crippen LogP contribution is -2.22. The Bertz CT molecular complexity index is 756. The van der Waals surface area contributed by atoms with Gasteiger partial charge in [0.1, 0.15) is 17.6 Å². The van der Waals surface area contributed by atoms with Gasteiger partial charge in [0.15, 0.2) is 0 Å². The quantitative estimate of drug-likeness (QED) is 0.724. The Morgan fingerprint density at radius 1 is 1.08 bits per heavy atom. The fourth-order valence-electron chi connectivity index (χ4n) is 3.58.